The molecule has 0 saturated carbocycles. The maximum atomic E-state index is 12.9. The summed E-state index contributed by atoms with van der Waals surface area (Å²) in [6.45, 7) is 1.80. The molecule has 5 heteroatoms. The van der Waals surface area contributed by atoms with Crippen molar-refractivity contribution in [1.29, 1.82) is 0 Å². The first-order chi connectivity index (χ1) is 12.0. The van der Waals surface area contributed by atoms with Gasteiger partial charge in [-0.05, 0) is 48.9 Å². The summed E-state index contributed by atoms with van der Waals surface area (Å²) >= 11 is 0. The lowest BCUT2D eigenvalue weighted by Gasteiger charge is -2.00. The van der Waals surface area contributed by atoms with Crippen LogP contribution in [0.5, 0.6) is 0 Å². The van der Waals surface area contributed by atoms with Gasteiger partial charge in [-0.3, -0.25) is 4.79 Å². The number of halogens is 1. The lowest BCUT2D eigenvalue weighted by molar-refractivity contribution is 0.101. The van der Waals surface area contributed by atoms with Crippen molar-refractivity contribution < 1.29 is 18.7 Å². The normalized spacial score (nSPS) is 11.5. The summed E-state index contributed by atoms with van der Waals surface area (Å²) in [6.07, 6.45) is 1.53. The Kier molecular flexibility index (Phi) is 4.75. The molecule has 0 unspecified atom stereocenters. The summed E-state index contributed by atoms with van der Waals surface area (Å²) < 4.78 is 18.4. The Balaban J connectivity index is 1.74. The molecule has 4 nitrogen and oxygen atoms in total. The van der Waals surface area contributed by atoms with E-state index in [1.807, 2.05) is 0 Å². The SMILES string of the molecule is Cc1cccc(C(O)=CC(=O)c2ccc(Cc3ccc(F)cc3)o2)n1. The van der Waals surface area contributed by atoms with Gasteiger partial charge in [-0.1, -0.05) is 18.2 Å². The number of aliphatic hydroxyl groups is 1. The smallest absolute Gasteiger partial charge is 0.224 e. The molecule has 0 amide bonds. The number of pyridine rings is 1. The minimum Gasteiger partial charge on any atom is -0.506 e. The molecule has 126 valence electrons. The predicted octanol–water partition coefficient (Wildman–Crippen LogP) is 4.49. The number of ketones is 1. The Morgan fingerprint density at radius 2 is 1.92 bits per heavy atom. The number of benzene rings is 1. The highest BCUT2D eigenvalue weighted by molar-refractivity contribution is 6.05. The summed E-state index contributed by atoms with van der Waals surface area (Å²) in [4.78, 5) is 16.4. The molecule has 1 aromatic carbocycles. The number of aromatic nitrogens is 1. The zero-order chi connectivity index (χ0) is 17.8. The third-order valence-electron chi connectivity index (χ3n) is 3.61. The predicted molar refractivity (Wildman–Crippen MR) is 91.8 cm³/mol. The summed E-state index contributed by atoms with van der Waals surface area (Å²) in [7, 11) is 0. The van der Waals surface area contributed by atoms with Gasteiger partial charge in [0.05, 0.1) is 0 Å². The molecule has 1 N–H and O–H groups in total. The fourth-order valence-electron chi connectivity index (χ4n) is 2.36. The van der Waals surface area contributed by atoms with E-state index in [-0.39, 0.29) is 17.3 Å². The molecular weight excluding hydrogens is 321 g/mol. The van der Waals surface area contributed by atoms with Gasteiger partial charge in [-0.15, -0.1) is 0 Å². The highest BCUT2D eigenvalue weighted by Gasteiger charge is 2.12. The van der Waals surface area contributed by atoms with Gasteiger partial charge in [0.15, 0.2) is 5.76 Å². The number of hydrogen-bond acceptors (Lipinski definition) is 4. The van der Waals surface area contributed by atoms with Crippen LogP contribution < -0.4 is 0 Å². The van der Waals surface area contributed by atoms with Gasteiger partial charge in [-0.25, -0.2) is 9.37 Å². The molecule has 3 rings (SSSR count). The van der Waals surface area contributed by atoms with E-state index in [0.717, 1.165) is 17.3 Å². The van der Waals surface area contributed by atoms with Gasteiger partial charge in [-0.2, -0.15) is 0 Å². The second kappa shape index (κ2) is 7.13. The van der Waals surface area contributed by atoms with Crippen molar-refractivity contribution in [2.24, 2.45) is 0 Å². The number of hydrogen-bond donors (Lipinski definition) is 1. The van der Waals surface area contributed by atoms with Crippen LogP contribution in [0.3, 0.4) is 0 Å². The molecule has 0 saturated heterocycles. The topological polar surface area (TPSA) is 63.3 Å². The fourth-order valence-corrected chi connectivity index (χ4v) is 2.36. The minimum absolute atomic E-state index is 0.122. The van der Waals surface area contributed by atoms with Gasteiger partial charge in [0.1, 0.15) is 23.0 Å². The van der Waals surface area contributed by atoms with Crippen LogP contribution in [-0.4, -0.2) is 15.9 Å². The number of aryl methyl sites for hydroxylation is 1. The van der Waals surface area contributed by atoms with Crippen molar-refractivity contribution in [2.75, 3.05) is 0 Å². The molecule has 0 spiro atoms. The summed E-state index contributed by atoms with van der Waals surface area (Å²) in [5, 5.41) is 10.0. The quantitative estimate of drug-likeness (QED) is 0.423. The van der Waals surface area contributed by atoms with Crippen molar-refractivity contribution in [1.82, 2.24) is 4.98 Å². The number of aliphatic hydroxyl groups excluding tert-OH is 1. The van der Waals surface area contributed by atoms with Crippen molar-refractivity contribution in [3.63, 3.8) is 0 Å². The highest BCUT2D eigenvalue weighted by atomic mass is 19.1. The second-order valence-corrected chi connectivity index (χ2v) is 5.63. The van der Waals surface area contributed by atoms with Gasteiger partial charge in [0.2, 0.25) is 5.78 Å². The van der Waals surface area contributed by atoms with E-state index < -0.39 is 5.78 Å². The number of carbonyl (C=O) groups is 1. The number of nitrogens with zero attached hydrogens (tertiary/aromatic N) is 1. The largest absolute Gasteiger partial charge is 0.506 e. The molecule has 0 aliphatic heterocycles. The molecule has 2 heterocycles. The molecule has 0 aliphatic carbocycles. The number of allylic oxidation sites excluding steroid dienone is 1. The van der Waals surface area contributed by atoms with Crippen LogP contribution in [0.4, 0.5) is 4.39 Å². The average Bonchev–Trinajstić information content (AvgIpc) is 3.05. The van der Waals surface area contributed by atoms with Gasteiger partial charge >= 0.3 is 0 Å². The van der Waals surface area contributed by atoms with Crippen LogP contribution in [0.15, 0.2) is 65.1 Å². The number of carbonyl (C=O) groups excluding carboxylic acids is 1. The first-order valence-corrected chi connectivity index (χ1v) is 7.73. The Bertz CT molecular complexity index is 926. The van der Waals surface area contributed by atoms with Crippen LogP contribution in [0.25, 0.3) is 5.76 Å². The zero-order valence-electron chi connectivity index (χ0n) is 13.6. The van der Waals surface area contributed by atoms with E-state index in [1.165, 1.54) is 12.1 Å². The van der Waals surface area contributed by atoms with Crippen LogP contribution in [0.2, 0.25) is 0 Å². The lowest BCUT2D eigenvalue weighted by Crippen LogP contribution is -1.97. The molecule has 0 fully saturated rings. The van der Waals surface area contributed by atoms with Crippen LogP contribution >= 0.6 is 0 Å². The van der Waals surface area contributed by atoms with Crippen molar-refractivity contribution in [3.8, 4) is 0 Å². The van der Waals surface area contributed by atoms with Crippen LogP contribution in [0, 0.1) is 12.7 Å². The van der Waals surface area contributed by atoms with E-state index in [9.17, 15) is 14.3 Å². The van der Waals surface area contributed by atoms with Crippen molar-refractivity contribution in [2.45, 2.75) is 13.3 Å². The zero-order valence-corrected chi connectivity index (χ0v) is 13.6. The molecule has 0 radical (unpaired) electrons. The fraction of sp³-hybridized carbons (Fsp3) is 0.100. The summed E-state index contributed by atoms with van der Waals surface area (Å²) in [5.41, 5.74) is 1.94. The third kappa shape index (κ3) is 4.20. The van der Waals surface area contributed by atoms with Crippen molar-refractivity contribution in [3.05, 3.63) is 95.0 Å². The molecule has 3 aromatic rings. The van der Waals surface area contributed by atoms with E-state index in [4.69, 9.17) is 4.42 Å². The third-order valence-corrected chi connectivity index (χ3v) is 3.61. The minimum atomic E-state index is -0.453. The number of furan rings is 1. The standard InChI is InChI=1S/C20H16FNO3/c1-13-3-2-4-17(22-13)18(23)12-19(24)20-10-9-16(25-20)11-14-5-7-15(21)8-6-14/h2-10,12,23H,11H2,1H3. The lowest BCUT2D eigenvalue weighted by atomic mass is 10.1. The maximum absolute atomic E-state index is 12.9. The van der Waals surface area contributed by atoms with Gasteiger partial charge in [0.25, 0.3) is 0 Å². The molecule has 2 aromatic heterocycles. The van der Waals surface area contributed by atoms with Gasteiger partial charge < -0.3 is 9.52 Å². The molecule has 0 aliphatic rings. The van der Waals surface area contributed by atoms with E-state index >= 15 is 0 Å². The van der Waals surface area contributed by atoms with E-state index in [0.29, 0.717) is 17.9 Å². The first-order valence-electron chi connectivity index (χ1n) is 7.73. The molecule has 0 bridgehead atoms. The Morgan fingerprint density at radius 3 is 2.64 bits per heavy atom. The summed E-state index contributed by atoms with van der Waals surface area (Å²) in [6, 6.07) is 14.5. The Labute approximate surface area is 144 Å². The maximum Gasteiger partial charge on any atom is 0.224 e. The molecule has 25 heavy (non-hydrogen) atoms. The Hall–Kier alpha value is -3.21. The highest BCUT2D eigenvalue weighted by Crippen LogP contribution is 2.16. The molecule has 0 atom stereocenters. The van der Waals surface area contributed by atoms with E-state index in [1.54, 1.807) is 49.4 Å². The van der Waals surface area contributed by atoms with Gasteiger partial charge in [0, 0.05) is 18.2 Å². The first kappa shape index (κ1) is 16.6. The molecular formula is C20H16FNO3. The van der Waals surface area contributed by atoms with Crippen LogP contribution in [0.1, 0.15) is 33.3 Å². The Morgan fingerprint density at radius 1 is 1.16 bits per heavy atom. The average molecular weight is 337 g/mol. The van der Waals surface area contributed by atoms with E-state index in [2.05, 4.69) is 4.98 Å². The monoisotopic (exact) mass is 337 g/mol. The summed E-state index contributed by atoms with van der Waals surface area (Å²) in [5.74, 6) is -0.270. The van der Waals surface area contributed by atoms with Crippen molar-refractivity contribution >= 4 is 11.5 Å². The van der Waals surface area contributed by atoms with Crippen LogP contribution in [-0.2, 0) is 6.42 Å². The second-order valence-electron chi connectivity index (χ2n) is 5.63. The number of rotatable bonds is 5.